The van der Waals surface area contributed by atoms with Crippen molar-refractivity contribution >= 4 is 14.3 Å². The molecule has 4 atom stereocenters. The lowest BCUT2D eigenvalue weighted by atomic mass is 9.45. The highest BCUT2D eigenvalue weighted by molar-refractivity contribution is 6.74. The van der Waals surface area contributed by atoms with Gasteiger partial charge in [0.25, 0.3) is 0 Å². The van der Waals surface area contributed by atoms with Crippen molar-refractivity contribution in [3.63, 3.8) is 0 Å². The Balaban J connectivity index is 2.52. The molecule has 0 aliphatic heterocycles. The van der Waals surface area contributed by atoms with Gasteiger partial charge in [-0.25, -0.2) is 0 Å². The second-order valence-electron chi connectivity index (χ2n) is 11.4. The van der Waals surface area contributed by atoms with Gasteiger partial charge in [0.15, 0.2) is 8.32 Å². The van der Waals surface area contributed by atoms with Crippen molar-refractivity contribution in [1.82, 2.24) is 0 Å². The summed E-state index contributed by atoms with van der Waals surface area (Å²) in [5.41, 5.74) is 0.705. The van der Waals surface area contributed by atoms with Crippen molar-refractivity contribution in [3.05, 3.63) is 12.2 Å². The molecule has 0 aromatic carbocycles. The first kappa shape index (κ1) is 22.7. The molecule has 0 aromatic rings. The molecule has 2 saturated carbocycles. The number of carbonyl (C=O) groups excluding carboxylic acids is 1. The van der Waals surface area contributed by atoms with Crippen LogP contribution >= 0.6 is 0 Å². The molecular weight excluding hydrogens is 352 g/mol. The van der Waals surface area contributed by atoms with Crippen LogP contribution < -0.4 is 0 Å². The van der Waals surface area contributed by atoms with Crippen LogP contribution in [0.3, 0.4) is 0 Å². The van der Waals surface area contributed by atoms with Gasteiger partial charge in [-0.2, -0.15) is 0 Å². The molecule has 0 spiro atoms. The molecule has 0 amide bonds. The van der Waals surface area contributed by atoms with E-state index in [2.05, 4.69) is 68.1 Å². The number of rotatable bonds is 4. The maximum absolute atomic E-state index is 13.0. The van der Waals surface area contributed by atoms with Crippen molar-refractivity contribution in [2.24, 2.45) is 22.2 Å². The zero-order valence-corrected chi connectivity index (χ0v) is 20.4. The normalized spacial score (nSPS) is 36.4. The topological polar surface area (TPSA) is 35.5 Å². The summed E-state index contributed by atoms with van der Waals surface area (Å²) in [5.74, 6) is -0.349. The van der Waals surface area contributed by atoms with Crippen LogP contribution in [0.5, 0.6) is 0 Å². The van der Waals surface area contributed by atoms with E-state index in [9.17, 15) is 4.79 Å². The van der Waals surface area contributed by atoms with E-state index in [1.165, 1.54) is 0 Å². The van der Waals surface area contributed by atoms with Crippen molar-refractivity contribution in [1.29, 1.82) is 0 Å². The minimum atomic E-state index is -1.91. The molecule has 2 rings (SSSR count). The largest absolute Gasteiger partial charge is 0.466 e. The van der Waals surface area contributed by atoms with Gasteiger partial charge in [-0.15, -0.1) is 0 Å². The fraction of sp³-hybridized carbons (Fsp3) is 0.870. The van der Waals surface area contributed by atoms with Crippen LogP contribution in [-0.2, 0) is 14.0 Å². The Kier molecular flexibility index (Phi) is 5.65. The van der Waals surface area contributed by atoms with Crippen LogP contribution in [0.25, 0.3) is 0 Å². The van der Waals surface area contributed by atoms with Crippen LogP contribution in [0.4, 0.5) is 0 Å². The number of fused-ring (bicyclic) bond motifs is 1. The van der Waals surface area contributed by atoms with Gasteiger partial charge < -0.3 is 9.16 Å². The zero-order chi connectivity index (χ0) is 21.1. The summed E-state index contributed by atoms with van der Waals surface area (Å²) in [6.45, 7) is 27.5. The third-order valence-electron chi connectivity index (χ3n) is 8.68. The number of carbonyl (C=O) groups is 1. The molecule has 0 bridgehead atoms. The zero-order valence-electron chi connectivity index (χ0n) is 19.4. The van der Waals surface area contributed by atoms with E-state index in [1.807, 2.05) is 6.92 Å². The predicted molar refractivity (Wildman–Crippen MR) is 115 cm³/mol. The van der Waals surface area contributed by atoms with E-state index in [1.54, 1.807) is 0 Å². The number of esters is 1. The molecule has 0 saturated heterocycles. The molecule has 2 fully saturated rings. The Morgan fingerprint density at radius 1 is 1.22 bits per heavy atom. The fourth-order valence-electron chi connectivity index (χ4n) is 5.53. The van der Waals surface area contributed by atoms with E-state index in [0.29, 0.717) is 6.61 Å². The maximum atomic E-state index is 13.0. The summed E-state index contributed by atoms with van der Waals surface area (Å²) >= 11 is 0. The van der Waals surface area contributed by atoms with Gasteiger partial charge in [0, 0.05) is 5.41 Å². The first-order chi connectivity index (χ1) is 12.0. The summed E-state index contributed by atoms with van der Waals surface area (Å²) in [6.07, 6.45) is 3.11. The molecule has 27 heavy (non-hydrogen) atoms. The average molecular weight is 395 g/mol. The van der Waals surface area contributed by atoms with Crippen molar-refractivity contribution in [2.45, 2.75) is 98.9 Å². The third-order valence-corrected chi connectivity index (χ3v) is 13.2. The lowest BCUT2D eigenvalue weighted by Crippen LogP contribution is -2.61. The molecule has 0 heterocycles. The Morgan fingerprint density at radius 3 is 2.26 bits per heavy atom. The minimum Gasteiger partial charge on any atom is -0.466 e. The van der Waals surface area contributed by atoms with E-state index >= 15 is 0 Å². The molecule has 0 unspecified atom stereocenters. The van der Waals surface area contributed by atoms with Gasteiger partial charge in [0.05, 0.1) is 18.6 Å². The van der Waals surface area contributed by atoms with Gasteiger partial charge in [0.2, 0.25) is 0 Å². The molecule has 4 heteroatoms. The second kappa shape index (κ2) is 6.72. The maximum Gasteiger partial charge on any atom is 0.313 e. The molecule has 0 radical (unpaired) electrons. The summed E-state index contributed by atoms with van der Waals surface area (Å²) in [7, 11) is -1.91. The number of ether oxygens (including phenoxy) is 1. The van der Waals surface area contributed by atoms with Crippen molar-refractivity contribution < 1.29 is 14.0 Å². The average Bonchev–Trinajstić information content (AvgIpc) is 2.70. The second-order valence-corrected chi connectivity index (χ2v) is 16.2. The number of hydrogen-bond donors (Lipinski definition) is 0. The van der Waals surface area contributed by atoms with Crippen LogP contribution in [0.1, 0.15) is 74.7 Å². The predicted octanol–water partition coefficient (Wildman–Crippen LogP) is 6.35. The molecule has 0 N–H and O–H groups in total. The highest BCUT2D eigenvalue weighted by Crippen LogP contribution is 2.72. The molecule has 3 nitrogen and oxygen atoms in total. The van der Waals surface area contributed by atoms with E-state index in [-0.39, 0.29) is 39.3 Å². The summed E-state index contributed by atoms with van der Waals surface area (Å²) < 4.78 is 12.5. The van der Waals surface area contributed by atoms with Crippen molar-refractivity contribution in [3.8, 4) is 0 Å². The Bertz CT molecular complexity index is 616. The van der Waals surface area contributed by atoms with Gasteiger partial charge in [0.1, 0.15) is 0 Å². The summed E-state index contributed by atoms with van der Waals surface area (Å²) in [5, 5.41) is 0.170. The Morgan fingerprint density at radius 2 is 1.78 bits per heavy atom. The monoisotopic (exact) mass is 394 g/mol. The lowest BCUT2D eigenvalue weighted by Gasteiger charge is -2.61. The first-order valence-corrected chi connectivity index (χ1v) is 13.5. The smallest absolute Gasteiger partial charge is 0.313 e. The fourth-order valence-corrected chi connectivity index (χ4v) is 6.97. The summed E-state index contributed by atoms with van der Waals surface area (Å²) in [6, 6.07) is 0. The van der Waals surface area contributed by atoms with Gasteiger partial charge >= 0.3 is 5.97 Å². The quantitative estimate of drug-likeness (QED) is 0.317. The van der Waals surface area contributed by atoms with Gasteiger partial charge in [-0.1, -0.05) is 60.6 Å². The van der Waals surface area contributed by atoms with Gasteiger partial charge in [-0.3, -0.25) is 4.79 Å². The Hall–Kier alpha value is -0.613. The highest BCUT2D eigenvalue weighted by Gasteiger charge is 2.70. The molecule has 2 aliphatic carbocycles. The van der Waals surface area contributed by atoms with Gasteiger partial charge in [-0.05, 0) is 55.1 Å². The van der Waals surface area contributed by atoms with E-state index in [0.717, 1.165) is 24.8 Å². The molecule has 156 valence electrons. The molecule has 2 aliphatic rings. The third kappa shape index (κ3) is 3.25. The van der Waals surface area contributed by atoms with Crippen LogP contribution in [-0.4, -0.2) is 27.0 Å². The molecular formula is C23H42O3Si. The van der Waals surface area contributed by atoms with Crippen LogP contribution in [0, 0.1) is 22.2 Å². The first-order valence-electron chi connectivity index (χ1n) is 10.6. The van der Waals surface area contributed by atoms with E-state index in [4.69, 9.17) is 9.16 Å². The minimum absolute atomic E-state index is 0.0198. The van der Waals surface area contributed by atoms with E-state index < -0.39 is 8.32 Å². The molecule has 0 aromatic heterocycles. The van der Waals surface area contributed by atoms with Crippen LogP contribution in [0.2, 0.25) is 18.1 Å². The Labute approximate surface area is 168 Å². The number of hydrogen-bond acceptors (Lipinski definition) is 3. The summed E-state index contributed by atoms with van der Waals surface area (Å²) in [4.78, 5) is 13.0. The van der Waals surface area contributed by atoms with Crippen LogP contribution in [0.15, 0.2) is 12.2 Å². The highest BCUT2D eigenvalue weighted by atomic mass is 28.4. The lowest BCUT2D eigenvalue weighted by molar-refractivity contribution is -0.178. The standard InChI is InChI=1S/C23H42O3Si/c1-12-25-19(24)18-16(2)15-22(8)17(26-27(10,11)20(3,4)5)13-14-21(6,7)23(18,22)9/h17-18H,2,12-15H2,1,3-11H3/t17-,18+,22+,23-/m1/s1. The SMILES string of the molecule is C=C1C[C@@]2(C)[C@H](O[Si](C)(C)C(C)(C)C)CCC(C)(C)[C@@]2(C)[C@@H]1C(=O)OCC. The van der Waals surface area contributed by atoms with Crippen molar-refractivity contribution in [2.75, 3.05) is 6.61 Å².